The van der Waals surface area contributed by atoms with Gasteiger partial charge in [-0.2, -0.15) is 0 Å². The smallest absolute Gasteiger partial charge is 0.160 e. The molecule has 0 saturated heterocycles. The van der Waals surface area contributed by atoms with Crippen LogP contribution in [0.25, 0.3) is 11.1 Å². The van der Waals surface area contributed by atoms with Crippen molar-refractivity contribution in [1.82, 2.24) is 0 Å². The Hall–Kier alpha value is -2.16. The van der Waals surface area contributed by atoms with E-state index in [4.69, 9.17) is 4.74 Å². The van der Waals surface area contributed by atoms with E-state index in [2.05, 4.69) is 0 Å². The van der Waals surface area contributed by atoms with Gasteiger partial charge in [-0.1, -0.05) is 12.1 Å². The molecule has 2 nitrogen and oxygen atoms in total. The SMILES string of the molecule is COc1ccc(-c2cccc(F)c2)c(C(C)=O)c1. The van der Waals surface area contributed by atoms with Crippen molar-refractivity contribution in [3.63, 3.8) is 0 Å². The molecule has 2 aromatic rings. The molecule has 0 bridgehead atoms. The molecule has 0 aliphatic heterocycles. The Bertz CT molecular complexity index is 591. The van der Waals surface area contributed by atoms with Crippen LogP contribution in [-0.4, -0.2) is 12.9 Å². The van der Waals surface area contributed by atoms with Crippen molar-refractivity contribution in [3.8, 4) is 16.9 Å². The molecular formula is C15H13FO2. The van der Waals surface area contributed by atoms with Crippen LogP contribution >= 0.6 is 0 Å². The van der Waals surface area contributed by atoms with E-state index < -0.39 is 0 Å². The fraction of sp³-hybridized carbons (Fsp3) is 0.133. The fourth-order valence-corrected chi connectivity index (χ4v) is 1.85. The number of methoxy groups -OCH3 is 1. The van der Waals surface area contributed by atoms with Gasteiger partial charge in [-0.15, -0.1) is 0 Å². The van der Waals surface area contributed by atoms with Crippen molar-refractivity contribution >= 4 is 5.78 Å². The van der Waals surface area contributed by atoms with Gasteiger partial charge in [0.15, 0.2) is 5.78 Å². The number of hydrogen-bond donors (Lipinski definition) is 0. The van der Waals surface area contributed by atoms with Crippen molar-refractivity contribution in [3.05, 3.63) is 53.8 Å². The Labute approximate surface area is 105 Å². The standard InChI is InChI=1S/C15H13FO2/c1-10(17)15-9-13(18-2)6-7-14(15)11-4-3-5-12(16)8-11/h3-9H,1-2H3. The summed E-state index contributed by atoms with van der Waals surface area (Å²) in [7, 11) is 1.54. The van der Waals surface area contributed by atoms with Gasteiger partial charge in [-0.25, -0.2) is 4.39 Å². The molecule has 0 unspecified atom stereocenters. The van der Waals surface area contributed by atoms with E-state index in [1.165, 1.54) is 19.1 Å². The molecule has 18 heavy (non-hydrogen) atoms. The second-order valence-corrected chi connectivity index (χ2v) is 3.98. The molecule has 0 heterocycles. The predicted octanol–water partition coefficient (Wildman–Crippen LogP) is 3.70. The van der Waals surface area contributed by atoms with Gasteiger partial charge in [-0.3, -0.25) is 4.79 Å². The maximum Gasteiger partial charge on any atom is 0.160 e. The maximum absolute atomic E-state index is 13.2. The van der Waals surface area contributed by atoms with Crippen molar-refractivity contribution in [1.29, 1.82) is 0 Å². The minimum atomic E-state index is -0.321. The van der Waals surface area contributed by atoms with E-state index in [9.17, 15) is 9.18 Å². The van der Waals surface area contributed by atoms with Crippen LogP contribution in [0.4, 0.5) is 4.39 Å². The predicted molar refractivity (Wildman–Crippen MR) is 68.4 cm³/mol. The van der Waals surface area contributed by atoms with E-state index in [0.29, 0.717) is 22.4 Å². The molecule has 0 amide bonds. The molecule has 0 radical (unpaired) electrons. The van der Waals surface area contributed by atoms with E-state index in [0.717, 1.165) is 0 Å². The van der Waals surface area contributed by atoms with E-state index in [1.54, 1.807) is 37.4 Å². The molecular weight excluding hydrogens is 231 g/mol. The average molecular weight is 244 g/mol. The molecule has 2 aromatic carbocycles. The maximum atomic E-state index is 13.2. The van der Waals surface area contributed by atoms with Gasteiger partial charge in [0.05, 0.1) is 7.11 Å². The summed E-state index contributed by atoms with van der Waals surface area (Å²) in [5.41, 5.74) is 1.92. The topological polar surface area (TPSA) is 26.3 Å². The third-order valence-corrected chi connectivity index (χ3v) is 2.74. The van der Waals surface area contributed by atoms with E-state index in [1.807, 2.05) is 0 Å². The van der Waals surface area contributed by atoms with Crippen LogP contribution in [0.5, 0.6) is 5.75 Å². The summed E-state index contributed by atoms with van der Waals surface area (Å²) in [6, 6.07) is 11.4. The first-order valence-corrected chi connectivity index (χ1v) is 5.56. The Morgan fingerprint density at radius 1 is 1.17 bits per heavy atom. The zero-order chi connectivity index (χ0) is 13.1. The Kier molecular flexibility index (Phi) is 3.42. The van der Waals surface area contributed by atoms with Gasteiger partial charge in [0.1, 0.15) is 11.6 Å². The minimum absolute atomic E-state index is 0.0758. The number of benzene rings is 2. The van der Waals surface area contributed by atoms with Crippen LogP contribution in [0.15, 0.2) is 42.5 Å². The first-order chi connectivity index (χ1) is 8.61. The summed E-state index contributed by atoms with van der Waals surface area (Å²) in [6.45, 7) is 1.48. The molecule has 0 spiro atoms. The van der Waals surface area contributed by atoms with Gasteiger partial charge >= 0.3 is 0 Å². The van der Waals surface area contributed by atoms with Gasteiger partial charge in [0.25, 0.3) is 0 Å². The number of Topliss-reactive ketones (excluding diaryl/α,β-unsaturated/α-hetero) is 1. The molecule has 0 aromatic heterocycles. The lowest BCUT2D eigenvalue weighted by atomic mass is 9.97. The number of ketones is 1. The van der Waals surface area contributed by atoms with Gasteiger partial charge in [0, 0.05) is 5.56 Å². The van der Waals surface area contributed by atoms with Crippen LogP contribution in [0.3, 0.4) is 0 Å². The third-order valence-electron chi connectivity index (χ3n) is 2.74. The van der Waals surface area contributed by atoms with Crippen molar-refractivity contribution in [2.75, 3.05) is 7.11 Å². The highest BCUT2D eigenvalue weighted by molar-refractivity contribution is 6.01. The normalized spacial score (nSPS) is 10.2. The molecule has 0 atom stereocenters. The number of ether oxygens (including phenoxy) is 1. The number of carbonyl (C=O) groups excluding carboxylic acids is 1. The Morgan fingerprint density at radius 2 is 1.94 bits per heavy atom. The second-order valence-electron chi connectivity index (χ2n) is 3.98. The highest BCUT2D eigenvalue weighted by Crippen LogP contribution is 2.28. The lowest BCUT2D eigenvalue weighted by Crippen LogP contribution is -1.97. The van der Waals surface area contributed by atoms with E-state index >= 15 is 0 Å². The summed E-state index contributed by atoms with van der Waals surface area (Å²) in [4.78, 5) is 11.6. The molecule has 0 aliphatic rings. The number of hydrogen-bond acceptors (Lipinski definition) is 2. The highest BCUT2D eigenvalue weighted by Gasteiger charge is 2.11. The molecule has 0 fully saturated rings. The first kappa shape index (κ1) is 12.3. The van der Waals surface area contributed by atoms with Gasteiger partial charge < -0.3 is 4.74 Å². The van der Waals surface area contributed by atoms with Crippen LogP contribution in [0, 0.1) is 5.82 Å². The van der Waals surface area contributed by atoms with E-state index in [-0.39, 0.29) is 11.6 Å². The molecule has 0 saturated carbocycles. The monoisotopic (exact) mass is 244 g/mol. The zero-order valence-electron chi connectivity index (χ0n) is 10.2. The summed E-state index contributed by atoms with van der Waals surface area (Å²) < 4.78 is 18.3. The summed E-state index contributed by atoms with van der Waals surface area (Å²) in [6.07, 6.45) is 0. The minimum Gasteiger partial charge on any atom is -0.497 e. The molecule has 3 heteroatoms. The second kappa shape index (κ2) is 5.00. The van der Waals surface area contributed by atoms with Crippen LogP contribution in [0.2, 0.25) is 0 Å². The first-order valence-electron chi connectivity index (χ1n) is 5.56. The molecule has 92 valence electrons. The number of halogens is 1. The average Bonchev–Trinajstić information content (AvgIpc) is 2.38. The van der Waals surface area contributed by atoms with Gasteiger partial charge in [0.2, 0.25) is 0 Å². The van der Waals surface area contributed by atoms with Gasteiger partial charge in [-0.05, 0) is 48.4 Å². The van der Waals surface area contributed by atoms with Crippen molar-refractivity contribution in [2.45, 2.75) is 6.92 Å². The Balaban J connectivity index is 2.60. The number of carbonyl (C=O) groups is 1. The fourth-order valence-electron chi connectivity index (χ4n) is 1.85. The molecule has 2 rings (SSSR count). The van der Waals surface area contributed by atoms with Crippen LogP contribution in [-0.2, 0) is 0 Å². The quantitative estimate of drug-likeness (QED) is 0.769. The number of rotatable bonds is 3. The summed E-state index contributed by atoms with van der Waals surface area (Å²) in [5, 5.41) is 0. The molecule has 0 aliphatic carbocycles. The van der Waals surface area contributed by atoms with Crippen molar-refractivity contribution in [2.24, 2.45) is 0 Å². The third kappa shape index (κ3) is 2.40. The zero-order valence-corrected chi connectivity index (χ0v) is 10.2. The van der Waals surface area contributed by atoms with Crippen molar-refractivity contribution < 1.29 is 13.9 Å². The highest BCUT2D eigenvalue weighted by atomic mass is 19.1. The van der Waals surface area contributed by atoms with Crippen LogP contribution in [0.1, 0.15) is 17.3 Å². The summed E-state index contributed by atoms with van der Waals surface area (Å²) in [5.74, 6) is 0.214. The largest absolute Gasteiger partial charge is 0.497 e. The summed E-state index contributed by atoms with van der Waals surface area (Å²) >= 11 is 0. The Morgan fingerprint density at radius 3 is 2.56 bits per heavy atom. The lowest BCUT2D eigenvalue weighted by molar-refractivity contribution is 0.101. The molecule has 0 N–H and O–H groups in total. The van der Waals surface area contributed by atoms with Crippen LogP contribution < -0.4 is 4.74 Å². The lowest BCUT2D eigenvalue weighted by Gasteiger charge is -2.09.